The smallest absolute Gasteiger partial charge is 0.280 e. The molecular formula is C22H17F3N4O. The molecule has 0 aliphatic heterocycles. The van der Waals surface area contributed by atoms with Crippen LogP contribution in [0.5, 0.6) is 0 Å². The molecule has 0 saturated heterocycles. The Morgan fingerprint density at radius 1 is 1.07 bits per heavy atom. The Kier molecular flexibility index (Phi) is 4.99. The van der Waals surface area contributed by atoms with Crippen LogP contribution in [-0.2, 0) is 0 Å². The molecule has 152 valence electrons. The predicted octanol–water partition coefficient (Wildman–Crippen LogP) is 5.34. The van der Waals surface area contributed by atoms with E-state index in [-0.39, 0.29) is 16.9 Å². The van der Waals surface area contributed by atoms with Gasteiger partial charge in [-0.15, -0.1) is 0 Å². The van der Waals surface area contributed by atoms with E-state index < -0.39 is 18.1 Å². The first-order valence-corrected chi connectivity index (χ1v) is 9.15. The Balaban J connectivity index is 1.80. The Bertz CT molecular complexity index is 1250. The summed E-state index contributed by atoms with van der Waals surface area (Å²) < 4.78 is 41.6. The number of rotatable bonds is 4. The Labute approximate surface area is 170 Å². The fourth-order valence-electron chi connectivity index (χ4n) is 3.13. The molecule has 2 aromatic carbocycles. The molecule has 8 heteroatoms. The third kappa shape index (κ3) is 3.63. The Hall–Kier alpha value is -3.68. The lowest BCUT2D eigenvalue weighted by Gasteiger charge is -2.10. The zero-order valence-corrected chi connectivity index (χ0v) is 16.2. The van der Waals surface area contributed by atoms with E-state index in [0.717, 1.165) is 10.1 Å². The highest BCUT2D eigenvalue weighted by molar-refractivity contribution is 6.08. The molecule has 0 unspecified atom stereocenters. The monoisotopic (exact) mass is 410 g/mol. The number of fused-ring (bicyclic) bond motifs is 1. The van der Waals surface area contributed by atoms with E-state index in [4.69, 9.17) is 0 Å². The van der Waals surface area contributed by atoms with Crippen LogP contribution < -0.4 is 5.32 Å². The number of aromatic nitrogens is 3. The molecule has 0 atom stereocenters. The molecule has 2 aromatic heterocycles. The molecule has 0 saturated carbocycles. The van der Waals surface area contributed by atoms with Crippen molar-refractivity contribution in [1.82, 2.24) is 14.6 Å². The second-order valence-electron chi connectivity index (χ2n) is 6.94. The molecule has 1 N–H and O–H groups in total. The summed E-state index contributed by atoms with van der Waals surface area (Å²) in [5.74, 6) is -0.999. The third-order valence-electron chi connectivity index (χ3n) is 4.75. The van der Waals surface area contributed by atoms with Crippen molar-refractivity contribution >= 4 is 17.2 Å². The summed E-state index contributed by atoms with van der Waals surface area (Å²) in [7, 11) is 0. The van der Waals surface area contributed by atoms with Crippen LogP contribution in [0.3, 0.4) is 0 Å². The molecule has 0 bridgehead atoms. The van der Waals surface area contributed by atoms with Crippen molar-refractivity contribution in [2.75, 3.05) is 5.32 Å². The average Bonchev–Trinajstić information content (AvgIpc) is 3.14. The summed E-state index contributed by atoms with van der Waals surface area (Å²) in [6, 6.07) is 12.5. The molecular weight excluding hydrogens is 393 g/mol. The van der Waals surface area contributed by atoms with Crippen LogP contribution in [0.4, 0.5) is 18.9 Å². The van der Waals surface area contributed by atoms with Gasteiger partial charge in [-0.1, -0.05) is 29.8 Å². The minimum atomic E-state index is -2.81. The van der Waals surface area contributed by atoms with Crippen LogP contribution in [0.2, 0.25) is 0 Å². The molecule has 30 heavy (non-hydrogen) atoms. The maximum absolute atomic E-state index is 13.7. The zero-order chi connectivity index (χ0) is 21.4. The summed E-state index contributed by atoms with van der Waals surface area (Å²) in [5, 5.41) is 6.60. The van der Waals surface area contributed by atoms with Crippen LogP contribution in [0.15, 0.2) is 54.7 Å². The maximum Gasteiger partial charge on any atom is 0.280 e. The number of nitrogens with one attached hydrogen (secondary N) is 1. The number of amides is 1. The van der Waals surface area contributed by atoms with Crippen LogP contribution in [0.25, 0.3) is 16.9 Å². The van der Waals surface area contributed by atoms with Gasteiger partial charge < -0.3 is 5.32 Å². The van der Waals surface area contributed by atoms with Crippen molar-refractivity contribution in [3.63, 3.8) is 0 Å². The van der Waals surface area contributed by atoms with Gasteiger partial charge in [0.15, 0.2) is 5.65 Å². The van der Waals surface area contributed by atoms with E-state index in [9.17, 15) is 18.0 Å². The number of nitrogens with zero attached hydrogens (tertiary/aromatic N) is 3. The van der Waals surface area contributed by atoms with Crippen molar-refractivity contribution in [3.05, 3.63) is 82.9 Å². The first-order valence-electron chi connectivity index (χ1n) is 9.15. The lowest BCUT2D eigenvalue weighted by molar-refractivity contribution is 0.102. The fraction of sp³-hybridized carbons (Fsp3) is 0.136. The highest BCUT2D eigenvalue weighted by Crippen LogP contribution is 2.27. The molecule has 4 rings (SSSR count). The van der Waals surface area contributed by atoms with Gasteiger partial charge in [-0.2, -0.15) is 5.10 Å². The standard InChI is InChI=1S/C22H17F3N4O/c1-12-3-5-14(6-4-12)18-10-19(20(24)25)29-21(27-18)16(11-26-29)22(30)28-17-8-7-15(23)9-13(17)2/h3-11,20H,1-2H3,(H,28,30). The molecule has 0 spiro atoms. The van der Waals surface area contributed by atoms with E-state index in [0.29, 0.717) is 22.5 Å². The highest BCUT2D eigenvalue weighted by atomic mass is 19.3. The zero-order valence-electron chi connectivity index (χ0n) is 16.2. The number of anilines is 1. The minimum Gasteiger partial charge on any atom is -0.322 e. The van der Waals surface area contributed by atoms with Crippen molar-refractivity contribution in [3.8, 4) is 11.3 Å². The van der Waals surface area contributed by atoms with Crippen LogP contribution in [0, 0.1) is 19.7 Å². The second kappa shape index (κ2) is 7.62. The molecule has 1 amide bonds. The summed E-state index contributed by atoms with van der Waals surface area (Å²) in [6.07, 6.45) is -1.61. The van der Waals surface area contributed by atoms with Gasteiger partial charge in [0.1, 0.15) is 17.1 Å². The summed E-state index contributed by atoms with van der Waals surface area (Å²) in [5.41, 5.74) is 2.60. The molecule has 0 fully saturated rings. The van der Waals surface area contributed by atoms with E-state index in [1.807, 2.05) is 19.1 Å². The van der Waals surface area contributed by atoms with Gasteiger partial charge in [0.05, 0.1) is 11.9 Å². The normalized spacial score (nSPS) is 11.3. The average molecular weight is 410 g/mol. The maximum atomic E-state index is 13.7. The highest BCUT2D eigenvalue weighted by Gasteiger charge is 2.22. The second-order valence-corrected chi connectivity index (χ2v) is 6.94. The molecule has 0 aliphatic rings. The van der Waals surface area contributed by atoms with Crippen LogP contribution in [-0.4, -0.2) is 20.5 Å². The van der Waals surface area contributed by atoms with Gasteiger partial charge in [-0.05, 0) is 43.7 Å². The summed E-state index contributed by atoms with van der Waals surface area (Å²) in [6.45, 7) is 3.57. The van der Waals surface area contributed by atoms with Crippen molar-refractivity contribution in [2.24, 2.45) is 0 Å². The van der Waals surface area contributed by atoms with Crippen molar-refractivity contribution in [1.29, 1.82) is 0 Å². The molecule has 5 nitrogen and oxygen atoms in total. The molecule has 0 radical (unpaired) electrons. The van der Waals surface area contributed by atoms with Gasteiger partial charge in [0.2, 0.25) is 0 Å². The van der Waals surface area contributed by atoms with E-state index in [1.165, 1.54) is 30.5 Å². The van der Waals surface area contributed by atoms with Gasteiger partial charge >= 0.3 is 0 Å². The molecule has 2 heterocycles. The Morgan fingerprint density at radius 3 is 2.47 bits per heavy atom. The van der Waals surface area contributed by atoms with Crippen LogP contribution >= 0.6 is 0 Å². The van der Waals surface area contributed by atoms with E-state index >= 15 is 0 Å². The van der Waals surface area contributed by atoms with Gasteiger partial charge in [0, 0.05) is 11.3 Å². The topological polar surface area (TPSA) is 59.3 Å². The lowest BCUT2D eigenvalue weighted by Crippen LogP contribution is -2.13. The number of halogens is 3. The first-order chi connectivity index (χ1) is 14.3. The SMILES string of the molecule is Cc1ccc(-c2cc(C(F)F)n3ncc(C(=O)Nc4ccc(F)cc4C)c3n2)cc1. The quantitative estimate of drug-likeness (QED) is 0.494. The number of aryl methyl sites for hydroxylation is 2. The van der Waals surface area contributed by atoms with Crippen LogP contribution in [0.1, 0.15) is 33.6 Å². The fourth-order valence-corrected chi connectivity index (χ4v) is 3.13. The van der Waals surface area contributed by atoms with Gasteiger partial charge in [-0.3, -0.25) is 4.79 Å². The van der Waals surface area contributed by atoms with E-state index in [1.54, 1.807) is 19.1 Å². The number of hydrogen-bond donors (Lipinski definition) is 1. The lowest BCUT2D eigenvalue weighted by atomic mass is 10.1. The predicted molar refractivity (Wildman–Crippen MR) is 107 cm³/mol. The third-order valence-corrected chi connectivity index (χ3v) is 4.75. The van der Waals surface area contributed by atoms with Gasteiger partial charge in [-0.25, -0.2) is 22.7 Å². The van der Waals surface area contributed by atoms with Crippen molar-refractivity contribution < 1.29 is 18.0 Å². The number of carbonyl (C=O) groups is 1. The minimum absolute atomic E-state index is 0.0145. The largest absolute Gasteiger partial charge is 0.322 e. The van der Waals surface area contributed by atoms with Crippen molar-refractivity contribution in [2.45, 2.75) is 20.3 Å². The summed E-state index contributed by atoms with van der Waals surface area (Å²) in [4.78, 5) is 17.2. The number of alkyl halides is 2. The van der Waals surface area contributed by atoms with Gasteiger partial charge in [0.25, 0.3) is 12.3 Å². The summed E-state index contributed by atoms with van der Waals surface area (Å²) >= 11 is 0. The number of benzene rings is 2. The number of hydrogen-bond acceptors (Lipinski definition) is 3. The number of carbonyl (C=O) groups excluding carboxylic acids is 1. The first kappa shape index (κ1) is 19.6. The molecule has 4 aromatic rings. The molecule has 0 aliphatic carbocycles. The van der Waals surface area contributed by atoms with E-state index in [2.05, 4.69) is 15.4 Å². The Morgan fingerprint density at radius 2 is 1.80 bits per heavy atom.